The van der Waals surface area contributed by atoms with Crippen LogP contribution in [-0.2, 0) is 4.79 Å². The molecule has 6 nitrogen and oxygen atoms in total. The Hall–Kier alpha value is -2.99. The molecule has 0 aliphatic heterocycles. The van der Waals surface area contributed by atoms with Gasteiger partial charge in [-0.2, -0.15) is 0 Å². The summed E-state index contributed by atoms with van der Waals surface area (Å²) < 4.78 is 11.0. The molecule has 26 heavy (non-hydrogen) atoms. The number of hydrogen-bond acceptors (Lipinski definition) is 4. The van der Waals surface area contributed by atoms with E-state index in [2.05, 4.69) is 10.9 Å². The number of benzene rings is 2. The normalized spacial score (nSPS) is 11.8. The lowest BCUT2D eigenvalue weighted by Gasteiger charge is -2.15. The van der Waals surface area contributed by atoms with E-state index in [1.54, 1.807) is 44.2 Å². The first-order valence-electron chi connectivity index (χ1n) is 7.96. The van der Waals surface area contributed by atoms with Crippen LogP contribution in [0.4, 0.5) is 0 Å². The van der Waals surface area contributed by atoms with Gasteiger partial charge >= 0.3 is 5.91 Å². The third-order valence-electron chi connectivity index (χ3n) is 3.83. The lowest BCUT2D eigenvalue weighted by Crippen LogP contribution is -2.47. The third kappa shape index (κ3) is 3.81. The second-order valence-corrected chi connectivity index (χ2v) is 6.15. The van der Waals surface area contributed by atoms with E-state index in [0.717, 1.165) is 5.39 Å². The zero-order chi connectivity index (χ0) is 18.7. The smallest absolute Gasteiger partial charge is 0.305 e. The zero-order valence-electron chi connectivity index (χ0n) is 14.2. The molecule has 1 aromatic heterocycles. The average molecular weight is 373 g/mol. The molecule has 0 fully saturated rings. The van der Waals surface area contributed by atoms with Gasteiger partial charge in [-0.1, -0.05) is 35.9 Å². The molecule has 7 heteroatoms. The second kappa shape index (κ2) is 7.49. The topological polar surface area (TPSA) is 80.6 Å². The number of furan rings is 1. The number of carbonyl (C=O) groups is 2. The summed E-state index contributed by atoms with van der Waals surface area (Å²) in [5.41, 5.74) is 5.99. The Kier molecular flexibility index (Phi) is 5.14. The van der Waals surface area contributed by atoms with Crippen LogP contribution in [0.1, 0.15) is 23.0 Å². The Balaban J connectivity index is 1.61. The van der Waals surface area contributed by atoms with Crippen molar-refractivity contribution in [3.05, 3.63) is 64.9 Å². The molecule has 0 radical (unpaired) electrons. The van der Waals surface area contributed by atoms with E-state index in [-0.39, 0.29) is 5.76 Å². The van der Waals surface area contributed by atoms with E-state index >= 15 is 0 Å². The number of fused-ring (bicyclic) bond motifs is 1. The lowest BCUT2D eigenvalue weighted by molar-refractivity contribution is -0.128. The van der Waals surface area contributed by atoms with Crippen LogP contribution in [0.25, 0.3) is 11.0 Å². The minimum absolute atomic E-state index is 0.148. The maximum Gasteiger partial charge on any atom is 0.305 e. The fourth-order valence-electron chi connectivity index (χ4n) is 2.47. The van der Waals surface area contributed by atoms with Crippen LogP contribution in [0.3, 0.4) is 0 Å². The van der Waals surface area contributed by atoms with Gasteiger partial charge in [-0.25, -0.2) is 0 Å². The first-order chi connectivity index (χ1) is 12.5. The predicted molar refractivity (Wildman–Crippen MR) is 98.1 cm³/mol. The van der Waals surface area contributed by atoms with Crippen molar-refractivity contribution in [1.29, 1.82) is 0 Å². The average Bonchev–Trinajstić information content (AvgIpc) is 2.96. The van der Waals surface area contributed by atoms with Crippen molar-refractivity contribution >= 4 is 34.4 Å². The number of halogens is 1. The van der Waals surface area contributed by atoms with Crippen molar-refractivity contribution in [3.8, 4) is 5.75 Å². The van der Waals surface area contributed by atoms with Crippen molar-refractivity contribution < 1.29 is 18.7 Å². The van der Waals surface area contributed by atoms with Crippen molar-refractivity contribution in [2.24, 2.45) is 0 Å². The number of amides is 2. The van der Waals surface area contributed by atoms with Gasteiger partial charge in [0.05, 0.1) is 0 Å². The number of hydrazine groups is 1. The first kappa shape index (κ1) is 17.8. The third-order valence-corrected chi connectivity index (χ3v) is 4.06. The summed E-state index contributed by atoms with van der Waals surface area (Å²) in [5.74, 6) is -0.441. The molecule has 0 spiro atoms. The van der Waals surface area contributed by atoms with E-state index in [9.17, 15) is 9.59 Å². The van der Waals surface area contributed by atoms with Gasteiger partial charge in [0, 0.05) is 16.0 Å². The molecule has 0 saturated carbocycles. The number of nitrogens with one attached hydrogen (secondary N) is 2. The number of para-hydroxylation sites is 1. The fraction of sp³-hybridized carbons (Fsp3) is 0.158. The van der Waals surface area contributed by atoms with Crippen molar-refractivity contribution in [3.63, 3.8) is 0 Å². The van der Waals surface area contributed by atoms with Crippen LogP contribution in [0, 0.1) is 6.92 Å². The summed E-state index contributed by atoms with van der Waals surface area (Å²) in [6.07, 6.45) is -0.828. The highest BCUT2D eigenvalue weighted by Gasteiger charge is 2.20. The van der Waals surface area contributed by atoms with Gasteiger partial charge in [0.1, 0.15) is 11.3 Å². The molecule has 0 bridgehead atoms. The Morgan fingerprint density at radius 1 is 1.12 bits per heavy atom. The summed E-state index contributed by atoms with van der Waals surface area (Å²) >= 11 is 5.88. The maximum absolute atomic E-state index is 12.3. The van der Waals surface area contributed by atoms with Gasteiger partial charge < -0.3 is 9.15 Å². The molecule has 2 amide bonds. The molecule has 1 atom stereocenters. The molecule has 134 valence electrons. The molecule has 2 aromatic carbocycles. The monoisotopic (exact) mass is 372 g/mol. The predicted octanol–water partition coefficient (Wildman–Crippen LogP) is 3.62. The van der Waals surface area contributed by atoms with Crippen LogP contribution >= 0.6 is 11.6 Å². The van der Waals surface area contributed by atoms with Crippen LogP contribution in [-0.4, -0.2) is 17.9 Å². The number of ether oxygens (including phenoxy) is 1. The summed E-state index contributed by atoms with van der Waals surface area (Å²) in [6.45, 7) is 3.35. The van der Waals surface area contributed by atoms with Crippen molar-refractivity contribution in [2.45, 2.75) is 20.0 Å². The Morgan fingerprint density at radius 2 is 1.88 bits per heavy atom. The molecular weight excluding hydrogens is 356 g/mol. The summed E-state index contributed by atoms with van der Waals surface area (Å²) in [7, 11) is 0. The van der Waals surface area contributed by atoms with Crippen LogP contribution in [0.15, 0.2) is 52.9 Å². The summed E-state index contributed by atoms with van der Waals surface area (Å²) in [5, 5.41) is 1.35. The van der Waals surface area contributed by atoms with Gasteiger partial charge in [0.15, 0.2) is 11.9 Å². The molecular formula is C19H17ClN2O4. The van der Waals surface area contributed by atoms with Gasteiger partial charge in [-0.05, 0) is 38.1 Å². The number of carbonyl (C=O) groups excluding carboxylic acids is 2. The second-order valence-electron chi connectivity index (χ2n) is 5.71. The Bertz CT molecular complexity index is 967. The highest BCUT2D eigenvalue weighted by atomic mass is 35.5. The van der Waals surface area contributed by atoms with Crippen LogP contribution in [0.5, 0.6) is 5.75 Å². The van der Waals surface area contributed by atoms with E-state index in [4.69, 9.17) is 20.8 Å². The SMILES string of the molecule is Cc1c(C(=O)NNC(=O)C(C)Oc2cccc(Cl)c2)oc2ccccc12. The van der Waals surface area contributed by atoms with E-state index in [1.807, 2.05) is 18.2 Å². The number of aryl methyl sites for hydroxylation is 1. The maximum atomic E-state index is 12.3. The zero-order valence-corrected chi connectivity index (χ0v) is 15.0. The van der Waals surface area contributed by atoms with E-state index < -0.39 is 17.9 Å². The van der Waals surface area contributed by atoms with Crippen molar-refractivity contribution in [1.82, 2.24) is 10.9 Å². The Labute approximate surface area is 155 Å². The number of rotatable bonds is 4. The fourth-order valence-corrected chi connectivity index (χ4v) is 2.65. The molecule has 3 rings (SSSR count). The molecule has 3 aromatic rings. The molecule has 0 saturated heterocycles. The van der Waals surface area contributed by atoms with Gasteiger partial charge in [0.25, 0.3) is 5.91 Å². The highest BCUT2D eigenvalue weighted by Crippen LogP contribution is 2.24. The van der Waals surface area contributed by atoms with Crippen molar-refractivity contribution in [2.75, 3.05) is 0 Å². The largest absolute Gasteiger partial charge is 0.481 e. The van der Waals surface area contributed by atoms with Gasteiger partial charge in [0.2, 0.25) is 0 Å². The van der Waals surface area contributed by atoms with E-state index in [0.29, 0.717) is 21.9 Å². The summed E-state index contributed by atoms with van der Waals surface area (Å²) in [6, 6.07) is 14.0. The number of hydrogen-bond donors (Lipinski definition) is 2. The standard InChI is InChI=1S/C19H17ClN2O4/c1-11-15-8-3-4-9-16(15)26-17(11)19(24)22-21-18(23)12(2)25-14-7-5-6-13(20)10-14/h3-10,12H,1-2H3,(H,21,23)(H,22,24). The van der Waals surface area contributed by atoms with Gasteiger partial charge in [-0.3, -0.25) is 20.4 Å². The molecule has 0 aliphatic carbocycles. The van der Waals surface area contributed by atoms with Crippen LogP contribution in [0.2, 0.25) is 5.02 Å². The van der Waals surface area contributed by atoms with E-state index in [1.165, 1.54) is 0 Å². The minimum Gasteiger partial charge on any atom is -0.481 e. The van der Waals surface area contributed by atoms with Gasteiger partial charge in [-0.15, -0.1) is 0 Å². The highest BCUT2D eigenvalue weighted by molar-refractivity contribution is 6.30. The molecule has 1 unspecified atom stereocenters. The van der Waals surface area contributed by atoms with Crippen LogP contribution < -0.4 is 15.6 Å². The molecule has 0 aliphatic rings. The molecule has 1 heterocycles. The quantitative estimate of drug-likeness (QED) is 0.685. The lowest BCUT2D eigenvalue weighted by atomic mass is 10.1. The molecule has 2 N–H and O–H groups in total. The first-order valence-corrected chi connectivity index (χ1v) is 8.34. The Morgan fingerprint density at radius 3 is 2.62 bits per heavy atom. The summed E-state index contributed by atoms with van der Waals surface area (Å²) in [4.78, 5) is 24.4. The minimum atomic E-state index is -0.828.